The Labute approximate surface area is 180 Å². The van der Waals surface area contributed by atoms with Crippen LogP contribution in [0.4, 0.5) is 5.69 Å². The van der Waals surface area contributed by atoms with Crippen LogP contribution >= 0.6 is 0 Å². The zero-order valence-electron chi connectivity index (χ0n) is 18.1. The molecule has 0 radical (unpaired) electrons. The molecule has 4 heteroatoms. The molecule has 0 saturated carbocycles. The normalized spacial score (nSPS) is 11.6. The largest absolute Gasteiger partial charge is 0.492 e. The molecule has 2 aromatic carbocycles. The summed E-state index contributed by atoms with van der Waals surface area (Å²) in [6, 6.07) is 18.5. The van der Waals surface area contributed by atoms with E-state index in [2.05, 4.69) is 61.2 Å². The van der Waals surface area contributed by atoms with E-state index in [1.165, 1.54) is 11.3 Å². The van der Waals surface area contributed by atoms with Crippen molar-refractivity contribution in [3.63, 3.8) is 0 Å². The zero-order chi connectivity index (χ0) is 21.6. The van der Waals surface area contributed by atoms with Gasteiger partial charge in [0.25, 0.3) is 0 Å². The third-order valence-electron chi connectivity index (χ3n) is 4.82. The number of nitrogens with zero attached hydrogens (tertiary/aromatic N) is 1. The lowest BCUT2D eigenvalue weighted by molar-refractivity contribution is -0.137. The second kappa shape index (κ2) is 13.3. The number of carboxylic acid groups (broad SMARTS) is 1. The summed E-state index contributed by atoms with van der Waals surface area (Å²) in [5.74, 6) is 0.125. The predicted octanol–water partition coefficient (Wildman–Crippen LogP) is 6.24. The number of ether oxygens (including phenoxy) is 1. The number of hydrogen-bond acceptors (Lipinski definition) is 3. The Morgan fingerprint density at radius 1 is 1.07 bits per heavy atom. The molecule has 2 aromatic rings. The van der Waals surface area contributed by atoms with Crippen molar-refractivity contribution in [2.24, 2.45) is 0 Å². The molecule has 0 heterocycles. The Hall–Kier alpha value is -3.01. The molecule has 0 atom stereocenters. The first-order chi connectivity index (χ1) is 14.6. The number of carboxylic acids is 1. The molecule has 0 aromatic heterocycles. The van der Waals surface area contributed by atoms with Crippen LogP contribution in [0.3, 0.4) is 0 Å². The van der Waals surface area contributed by atoms with Crippen molar-refractivity contribution in [1.29, 1.82) is 0 Å². The molecule has 0 aliphatic heterocycles. The molecule has 0 bridgehead atoms. The molecule has 0 fully saturated rings. The van der Waals surface area contributed by atoms with Gasteiger partial charge in [0.15, 0.2) is 0 Å². The highest BCUT2D eigenvalue weighted by molar-refractivity contribution is 5.66. The number of benzene rings is 2. The highest BCUT2D eigenvalue weighted by Gasteiger charge is 2.08. The van der Waals surface area contributed by atoms with E-state index in [-0.39, 0.29) is 6.42 Å². The SMILES string of the molecule is CC/C=C\C=C(/C)N(CCOc1ccc(CCCCC(=O)O)cc1)c1ccccc1. The van der Waals surface area contributed by atoms with Gasteiger partial charge in [-0.05, 0) is 68.5 Å². The molecule has 2 rings (SSSR count). The van der Waals surface area contributed by atoms with Gasteiger partial charge in [0, 0.05) is 17.8 Å². The molecule has 0 saturated heterocycles. The van der Waals surface area contributed by atoms with Crippen LogP contribution in [0, 0.1) is 0 Å². The Bertz CT molecular complexity index is 810. The lowest BCUT2D eigenvalue weighted by atomic mass is 10.1. The van der Waals surface area contributed by atoms with Crippen LogP contribution in [0.15, 0.2) is 78.5 Å². The minimum absolute atomic E-state index is 0.237. The number of rotatable bonds is 13. The number of aryl methyl sites for hydroxylation is 1. The fourth-order valence-corrected chi connectivity index (χ4v) is 3.16. The Morgan fingerprint density at radius 3 is 2.47 bits per heavy atom. The molecule has 0 aliphatic rings. The van der Waals surface area contributed by atoms with E-state index in [0.29, 0.717) is 13.0 Å². The first kappa shape index (κ1) is 23.3. The monoisotopic (exact) mass is 407 g/mol. The van der Waals surface area contributed by atoms with Gasteiger partial charge in [-0.1, -0.05) is 49.4 Å². The van der Waals surface area contributed by atoms with E-state index < -0.39 is 5.97 Å². The van der Waals surface area contributed by atoms with Crippen LogP contribution in [0.25, 0.3) is 0 Å². The molecule has 0 unspecified atom stereocenters. The van der Waals surface area contributed by atoms with Crippen molar-refractivity contribution in [2.75, 3.05) is 18.1 Å². The maximum Gasteiger partial charge on any atom is 0.303 e. The molecular formula is C26H33NO3. The first-order valence-corrected chi connectivity index (χ1v) is 10.7. The molecule has 1 N–H and O–H groups in total. The lowest BCUT2D eigenvalue weighted by Gasteiger charge is -2.25. The first-order valence-electron chi connectivity index (χ1n) is 10.7. The fourth-order valence-electron chi connectivity index (χ4n) is 3.16. The van der Waals surface area contributed by atoms with Gasteiger partial charge in [-0.15, -0.1) is 0 Å². The highest BCUT2D eigenvalue weighted by Crippen LogP contribution is 2.19. The van der Waals surface area contributed by atoms with E-state index in [0.717, 1.165) is 37.2 Å². The molecule has 4 nitrogen and oxygen atoms in total. The van der Waals surface area contributed by atoms with Crippen molar-refractivity contribution >= 4 is 11.7 Å². The summed E-state index contributed by atoms with van der Waals surface area (Å²) in [4.78, 5) is 12.8. The number of para-hydroxylation sites is 1. The number of unbranched alkanes of at least 4 members (excludes halogenated alkanes) is 1. The van der Waals surface area contributed by atoms with Gasteiger partial charge in [0.1, 0.15) is 12.4 Å². The minimum atomic E-state index is -0.727. The summed E-state index contributed by atoms with van der Waals surface area (Å²) >= 11 is 0. The summed E-state index contributed by atoms with van der Waals surface area (Å²) in [5, 5.41) is 8.70. The molecule has 0 spiro atoms. The van der Waals surface area contributed by atoms with Crippen molar-refractivity contribution in [1.82, 2.24) is 0 Å². The van der Waals surface area contributed by atoms with E-state index in [1.807, 2.05) is 30.3 Å². The van der Waals surface area contributed by atoms with Crippen LogP contribution in [-0.4, -0.2) is 24.2 Å². The lowest BCUT2D eigenvalue weighted by Crippen LogP contribution is -2.26. The van der Waals surface area contributed by atoms with Gasteiger partial charge < -0.3 is 14.7 Å². The average Bonchev–Trinajstić information content (AvgIpc) is 2.76. The second-order valence-electron chi connectivity index (χ2n) is 7.22. The third kappa shape index (κ3) is 8.56. The summed E-state index contributed by atoms with van der Waals surface area (Å²) in [6.45, 7) is 5.58. The van der Waals surface area contributed by atoms with Crippen LogP contribution in [0.2, 0.25) is 0 Å². The van der Waals surface area contributed by atoms with E-state index in [4.69, 9.17) is 9.84 Å². The van der Waals surface area contributed by atoms with E-state index >= 15 is 0 Å². The molecule has 30 heavy (non-hydrogen) atoms. The average molecular weight is 408 g/mol. The van der Waals surface area contributed by atoms with Gasteiger partial charge in [0.2, 0.25) is 0 Å². The zero-order valence-corrected chi connectivity index (χ0v) is 18.1. The Morgan fingerprint density at radius 2 is 1.80 bits per heavy atom. The molecule has 0 aliphatic carbocycles. The second-order valence-corrected chi connectivity index (χ2v) is 7.22. The quantitative estimate of drug-likeness (QED) is 0.315. The Kier molecular flexibility index (Phi) is 10.3. The third-order valence-corrected chi connectivity index (χ3v) is 4.82. The maximum atomic E-state index is 10.6. The van der Waals surface area contributed by atoms with Gasteiger partial charge in [-0.25, -0.2) is 0 Å². The summed E-state index contributed by atoms with van der Waals surface area (Å²) in [6.07, 6.45) is 10.1. The molecular weight excluding hydrogens is 374 g/mol. The van der Waals surface area contributed by atoms with Gasteiger partial charge in [-0.3, -0.25) is 4.79 Å². The number of allylic oxidation sites excluding steroid dienone is 4. The Balaban J connectivity index is 1.89. The number of carbonyl (C=O) groups is 1. The minimum Gasteiger partial charge on any atom is -0.492 e. The van der Waals surface area contributed by atoms with Crippen LogP contribution in [0.5, 0.6) is 5.75 Å². The van der Waals surface area contributed by atoms with Crippen molar-refractivity contribution in [2.45, 2.75) is 46.0 Å². The maximum absolute atomic E-state index is 10.6. The number of hydrogen-bond donors (Lipinski definition) is 1. The standard InChI is InChI=1S/C26H33NO3/c1-3-4-6-11-22(2)27(24-13-7-5-8-14-24)20-21-30-25-18-16-23(17-19-25)12-9-10-15-26(28)29/h4-8,11,13-14,16-19H,3,9-10,12,15,20-21H2,1-2H3,(H,28,29)/b6-4-,22-11+. The van der Waals surface area contributed by atoms with Gasteiger partial charge in [0.05, 0.1) is 6.54 Å². The molecule has 160 valence electrons. The summed E-state index contributed by atoms with van der Waals surface area (Å²) < 4.78 is 5.98. The molecule has 0 amide bonds. The summed E-state index contributed by atoms with van der Waals surface area (Å²) in [5.41, 5.74) is 3.53. The fraction of sp³-hybridized carbons (Fsp3) is 0.346. The predicted molar refractivity (Wildman–Crippen MR) is 124 cm³/mol. The van der Waals surface area contributed by atoms with E-state index in [1.54, 1.807) is 0 Å². The van der Waals surface area contributed by atoms with Gasteiger partial charge >= 0.3 is 5.97 Å². The van der Waals surface area contributed by atoms with Crippen LogP contribution < -0.4 is 9.64 Å². The number of anilines is 1. The summed E-state index contributed by atoms with van der Waals surface area (Å²) in [7, 11) is 0. The van der Waals surface area contributed by atoms with Crippen LogP contribution in [0.1, 0.15) is 45.1 Å². The van der Waals surface area contributed by atoms with Crippen molar-refractivity contribution < 1.29 is 14.6 Å². The van der Waals surface area contributed by atoms with Crippen molar-refractivity contribution in [3.05, 3.63) is 84.1 Å². The topological polar surface area (TPSA) is 49.8 Å². The van der Waals surface area contributed by atoms with Crippen molar-refractivity contribution in [3.8, 4) is 5.75 Å². The smallest absolute Gasteiger partial charge is 0.303 e. The van der Waals surface area contributed by atoms with Crippen LogP contribution in [-0.2, 0) is 11.2 Å². The van der Waals surface area contributed by atoms with E-state index in [9.17, 15) is 4.79 Å². The number of aliphatic carboxylic acids is 1. The van der Waals surface area contributed by atoms with Gasteiger partial charge in [-0.2, -0.15) is 0 Å². The highest BCUT2D eigenvalue weighted by atomic mass is 16.5.